The van der Waals surface area contributed by atoms with Crippen molar-refractivity contribution in [1.82, 2.24) is 5.32 Å². The van der Waals surface area contributed by atoms with Crippen LogP contribution in [0.25, 0.3) is 21.9 Å². The van der Waals surface area contributed by atoms with E-state index >= 15 is 0 Å². The molecule has 0 bridgehead atoms. The minimum Gasteiger partial charge on any atom is -0.481 e. The van der Waals surface area contributed by atoms with E-state index in [1.807, 2.05) is 56.2 Å². The van der Waals surface area contributed by atoms with E-state index in [1.54, 1.807) is 42.5 Å². The van der Waals surface area contributed by atoms with Gasteiger partial charge in [0.1, 0.15) is 11.2 Å². The highest BCUT2D eigenvalue weighted by atomic mass is 32.2. The van der Waals surface area contributed by atoms with E-state index in [-0.39, 0.29) is 28.5 Å². The second-order valence-electron chi connectivity index (χ2n) is 14.1. The summed E-state index contributed by atoms with van der Waals surface area (Å²) in [5, 5.41) is 23.0. The molecule has 8 N–H and O–H groups in total. The standard InChI is InChI=1S/C21H23N3O5S.C13H13NO4.C8H12N2O2S/c1-24(2)16-5-8-18-15(12-21(26)29-19(18)13-16)11-20(25)23-10-9-14-3-6-17(7-4-14)30(22,27)28;1-14(2)9-3-4-10-8(5-12(15)16)6-13(17)18-11(10)7-9;9-6-5-7-1-3-8(4-2-7)13(10,11)12/h3-8,12-13H,9-11H2,1-2H3,(H,23,25)(H2,22,27,28);3-4,6-7H,5H2,1-2H3,(H,15,16);1-4H,5-6,9H2,(H2,10,11,12). The van der Waals surface area contributed by atoms with Crippen molar-refractivity contribution in [3.05, 3.63) is 140 Å². The monoisotopic (exact) mass is 876 g/mol. The summed E-state index contributed by atoms with van der Waals surface area (Å²) in [5.41, 5.74) is 9.87. The van der Waals surface area contributed by atoms with Gasteiger partial charge in [-0.25, -0.2) is 36.7 Å². The Morgan fingerprint density at radius 3 is 1.41 bits per heavy atom. The fraction of sp³-hybridized carbons (Fsp3) is 0.238. The largest absolute Gasteiger partial charge is 0.481 e. The fourth-order valence-electron chi connectivity index (χ4n) is 5.89. The highest BCUT2D eigenvalue weighted by Crippen LogP contribution is 2.24. The SMILES string of the molecule is CN(C)c1ccc2c(CC(=O)NCCc3ccc(S(N)(=O)=O)cc3)cc(=O)oc2c1.CN(C)c1ccc2c(CC(=O)O)cc(=O)oc2c1.NCCc1ccc(S(N)(=O)=O)cc1. The first-order valence-corrected chi connectivity index (χ1v) is 21.6. The number of hydrogen-bond acceptors (Lipinski definition) is 13. The number of aliphatic carboxylic acids is 1. The maximum Gasteiger partial charge on any atom is 0.336 e. The molecule has 4 aromatic carbocycles. The molecule has 2 aromatic heterocycles. The van der Waals surface area contributed by atoms with Crippen LogP contribution in [-0.4, -0.2) is 75.1 Å². The third kappa shape index (κ3) is 14.1. The number of nitrogens with zero attached hydrogens (tertiary/aromatic N) is 2. The second-order valence-corrected chi connectivity index (χ2v) is 17.2. The molecule has 0 aliphatic carbocycles. The molecule has 0 saturated carbocycles. The lowest BCUT2D eigenvalue weighted by atomic mass is 10.1. The lowest BCUT2D eigenvalue weighted by molar-refractivity contribution is -0.136. The molecule has 61 heavy (non-hydrogen) atoms. The minimum absolute atomic E-state index is 0.0440. The Morgan fingerprint density at radius 1 is 0.623 bits per heavy atom. The van der Waals surface area contributed by atoms with Gasteiger partial charge in [-0.15, -0.1) is 0 Å². The number of nitrogens with two attached hydrogens (primary N) is 3. The summed E-state index contributed by atoms with van der Waals surface area (Å²) in [4.78, 5) is 50.4. The maximum atomic E-state index is 12.4. The average Bonchev–Trinajstić information content (AvgIpc) is 3.17. The van der Waals surface area contributed by atoms with Crippen LogP contribution >= 0.6 is 0 Å². The number of nitrogens with one attached hydrogen (secondary N) is 1. The summed E-state index contributed by atoms with van der Waals surface area (Å²) >= 11 is 0. The van der Waals surface area contributed by atoms with Crippen LogP contribution in [0.3, 0.4) is 0 Å². The molecule has 17 nitrogen and oxygen atoms in total. The first-order chi connectivity index (χ1) is 28.6. The highest BCUT2D eigenvalue weighted by Gasteiger charge is 2.13. The number of fused-ring (bicyclic) bond motifs is 2. The zero-order valence-corrected chi connectivity index (χ0v) is 35.6. The first-order valence-electron chi connectivity index (χ1n) is 18.5. The van der Waals surface area contributed by atoms with Gasteiger partial charge in [0.25, 0.3) is 0 Å². The molecule has 0 saturated heterocycles. The predicted octanol–water partition coefficient (Wildman–Crippen LogP) is 2.73. The van der Waals surface area contributed by atoms with Gasteiger partial charge in [-0.3, -0.25) is 9.59 Å². The average molecular weight is 877 g/mol. The molecule has 0 radical (unpaired) electrons. The molecule has 0 fully saturated rings. The van der Waals surface area contributed by atoms with E-state index < -0.39 is 37.3 Å². The van der Waals surface area contributed by atoms with Crippen LogP contribution in [0.1, 0.15) is 22.3 Å². The summed E-state index contributed by atoms with van der Waals surface area (Å²) in [6.45, 7) is 0.923. The van der Waals surface area contributed by atoms with Crippen LogP contribution < -0.4 is 42.4 Å². The lowest BCUT2D eigenvalue weighted by Crippen LogP contribution is -2.27. The number of rotatable bonds is 13. The lowest BCUT2D eigenvalue weighted by Gasteiger charge is -2.13. The number of primary sulfonamides is 2. The third-order valence-electron chi connectivity index (χ3n) is 9.03. The first kappa shape index (κ1) is 47.3. The van der Waals surface area contributed by atoms with Gasteiger partial charge in [0, 0.05) is 81.1 Å². The van der Waals surface area contributed by atoms with Crippen molar-refractivity contribution in [2.45, 2.75) is 35.5 Å². The van der Waals surface area contributed by atoms with Crippen LogP contribution in [0, 0.1) is 0 Å². The zero-order valence-electron chi connectivity index (χ0n) is 34.0. The second kappa shape index (κ2) is 20.7. The van der Waals surface area contributed by atoms with Gasteiger partial charge in [0.15, 0.2) is 0 Å². The number of carboxylic acid groups (broad SMARTS) is 1. The Morgan fingerprint density at radius 2 is 1.03 bits per heavy atom. The van der Waals surface area contributed by atoms with E-state index in [0.717, 1.165) is 28.9 Å². The normalized spacial score (nSPS) is 11.2. The van der Waals surface area contributed by atoms with Crippen LogP contribution in [0.4, 0.5) is 11.4 Å². The predicted molar refractivity (Wildman–Crippen MR) is 234 cm³/mol. The quantitative estimate of drug-likeness (QED) is 0.104. The molecule has 1 amide bonds. The van der Waals surface area contributed by atoms with Gasteiger partial charge in [0.2, 0.25) is 26.0 Å². The van der Waals surface area contributed by atoms with Gasteiger partial charge in [-0.1, -0.05) is 24.3 Å². The molecule has 6 rings (SSSR count). The van der Waals surface area contributed by atoms with Crippen molar-refractivity contribution in [3.8, 4) is 0 Å². The molecule has 0 atom stereocenters. The molecule has 0 aliphatic rings. The topological polar surface area (TPSA) is 280 Å². The number of benzene rings is 4. The molecule has 6 aromatic rings. The van der Waals surface area contributed by atoms with Crippen LogP contribution in [0.5, 0.6) is 0 Å². The summed E-state index contributed by atoms with van der Waals surface area (Å²) in [6.07, 6.45) is 1.13. The van der Waals surface area contributed by atoms with Gasteiger partial charge < -0.3 is 34.8 Å². The van der Waals surface area contributed by atoms with Crippen molar-refractivity contribution in [2.75, 3.05) is 51.1 Å². The van der Waals surface area contributed by atoms with E-state index in [9.17, 15) is 36.0 Å². The van der Waals surface area contributed by atoms with Gasteiger partial charge in [-0.2, -0.15) is 0 Å². The number of carboxylic acids is 1. The smallest absolute Gasteiger partial charge is 0.336 e. The number of carbonyl (C=O) groups excluding carboxylic acids is 1. The minimum atomic E-state index is -3.72. The summed E-state index contributed by atoms with van der Waals surface area (Å²) in [6, 6.07) is 26.0. The van der Waals surface area contributed by atoms with Crippen LogP contribution in [-0.2, 0) is 55.3 Å². The van der Waals surface area contributed by atoms with Crippen molar-refractivity contribution >= 4 is 65.2 Å². The fourth-order valence-corrected chi connectivity index (χ4v) is 6.92. The number of carbonyl (C=O) groups is 2. The molecular formula is C42H48N6O11S2. The molecule has 324 valence electrons. The van der Waals surface area contributed by atoms with Crippen molar-refractivity contribution < 1.29 is 40.4 Å². The number of amides is 1. The van der Waals surface area contributed by atoms with Crippen molar-refractivity contribution in [1.29, 1.82) is 0 Å². The third-order valence-corrected chi connectivity index (χ3v) is 10.9. The van der Waals surface area contributed by atoms with Gasteiger partial charge in [0.05, 0.1) is 22.6 Å². The molecule has 0 unspecified atom stereocenters. The zero-order chi connectivity index (χ0) is 45.1. The molecule has 0 spiro atoms. The Balaban J connectivity index is 0.000000223. The van der Waals surface area contributed by atoms with Crippen LogP contribution in [0.2, 0.25) is 0 Å². The highest BCUT2D eigenvalue weighted by molar-refractivity contribution is 7.89. The van der Waals surface area contributed by atoms with E-state index in [2.05, 4.69) is 5.32 Å². The number of anilines is 2. The summed E-state index contributed by atoms with van der Waals surface area (Å²) in [5.74, 6) is -1.20. The van der Waals surface area contributed by atoms with Crippen LogP contribution in [0.15, 0.2) is 125 Å². The Labute approximate surface area is 352 Å². The molecule has 0 aliphatic heterocycles. The maximum absolute atomic E-state index is 12.4. The summed E-state index contributed by atoms with van der Waals surface area (Å²) in [7, 11) is 0.238. The van der Waals surface area contributed by atoms with E-state index in [4.69, 9.17) is 30.0 Å². The van der Waals surface area contributed by atoms with Crippen molar-refractivity contribution in [3.63, 3.8) is 0 Å². The van der Waals surface area contributed by atoms with E-state index in [1.165, 1.54) is 36.4 Å². The van der Waals surface area contributed by atoms with Gasteiger partial charge >= 0.3 is 17.2 Å². The molecule has 2 heterocycles. The number of sulfonamides is 2. The molecular weight excluding hydrogens is 829 g/mol. The Hall–Kier alpha value is -6.38. The van der Waals surface area contributed by atoms with E-state index in [0.29, 0.717) is 52.6 Å². The number of hydrogen-bond donors (Lipinski definition) is 5. The summed E-state index contributed by atoms with van der Waals surface area (Å²) < 4.78 is 54.7. The Bertz CT molecular complexity index is 2840. The Kier molecular flexibility index (Phi) is 16.1. The molecule has 19 heteroatoms. The van der Waals surface area contributed by atoms with Crippen molar-refractivity contribution in [2.24, 2.45) is 16.0 Å². The van der Waals surface area contributed by atoms with Gasteiger partial charge in [-0.05, 0) is 90.2 Å².